The molecule has 0 bridgehead atoms. The first-order valence-electron chi connectivity index (χ1n) is 4.63. The minimum atomic E-state index is 0. The smallest absolute Gasteiger partial charge is 0.151 e. The molecule has 1 aromatic heterocycles. The topological polar surface area (TPSA) is 41.0 Å². The fourth-order valence-corrected chi connectivity index (χ4v) is 1.63. The van der Waals surface area contributed by atoms with Crippen molar-refractivity contribution in [3.8, 4) is 0 Å². The van der Waals surface area contributed by atoms with Crippen LogP contribution in [0.5, 0.6) is 0 Å². The van der Waals surface area contributed by atoms with Crippen molar-refractivity contribution >= 4 is 30.6 Å². The maximum Gasteiger partial charge on any atom is 0.151 e. The Morgan fingerprint density at radius 1 is 1.47 bits per heavy atom. The third kappa shape index (κ3) is 3.48. The van der Waals surface area contributed by atoms with Crippen molar-refractivity contribution in [2.45, 2.75) is 13.0 Å². The highest BCUT2D eigenvalue weighted by atomic mass is 35.5. The van der Waals surface area contributed by atoms with Gasteiger partial charge in [-0.05, 0) is 19.1 Å². The van der Waals surface area contributed by atoms with Crippen molar-refractivity contribution in [2.24, 2.45) is 0 Å². The molecular weight excluding hydrogens is 235 g/mol. The minimum absolute atomic E-state index is 0. The molecule has 0 aliphatic carbocycles. The number of rotatable bonds is 1. The molecule has 0 saturated carbocycles. The summed E-state index contributed by atoms with van der Waals surface area (Å²) in [6, 6.07) is 4.44. The Morgan fingerprint density at radius 2 is 2.27 bits per heavy atom. The van der Waals surface area contributed by atoms with E-state index in [4.69, 9.17) is 0 Å². The van der Waals surface area contributed by atoms with Crippen LogP contribution in [-0.2, 0) is 0 Å². The van der Waals surface area contributed by atoms with E-state index >= 15 is 0 Å². The highest BCUT2D eigenvalue weighted by Crippen LogP contribution is 2.12. The second-order valence-corrected chi connectivity index (χ2v) is 3.33. The van der Waals surface area contributed by atoms with Gasteiger partial charge < -0.3 is 10.2 Å². The molecule has 0 spiro atoms. The van der Waals surface area contributed by atoms with Gasteiger partial charge in [0, 0.05) is 31.9 Å². The van der Waals surface area contributed by atoms with Gasteiger partial charge in [-0.1, -0.05) is 0 Å². The van der Waals surface area contributed by atoms with Gasteiger partial charge in [0.1, 0.15) is 0 Å². The van der Waals surface area contributed by atoms with Crippen molar-refractivity contribution in [1.29, 1.82) is 0 Å². The lowest BCUT2D eigenvalue weighted by Crippen LogP contribution is -2.50. The SMILES string of the molecule is C[C@H]1CNCCN1c1cccnn1.Cl.Cl. The fourth-order valence-electron chi connectivity index (χ4n) is 1.63. The zero-order chi connectivity index (χ0) is 9.10. The summed E-state index contributed by atoms with van der Waals surface area (Å²) in [4.78, 5) is 2.28. The summed E-state index contributed by atoms with van der Waals surface area (Å²) in [6.45, 7) is 5.26. The third-order valence-electron chi connectivity index (χ3n) is 2.35. The number of halogens is 2. The summed E-state index contributed by atoms with van der Waals surface area (Å²) in [6.07, 6.45) is 1.70. The van der Waals surface area contributed by atoms with E-state index in [0.29, 0.717) is 6.04 Å². The Kier molecular flexibility index (Phi) is 6.56. The Morgan fingerprint density at radius 3 is 2.87 bits per heavy atom. The lowest BCUT2D eigenvalue weighted by Gasteiger charge is -2.34. The van der Waals surface area contributed by atoms with Crippen LogP contribution in [0, 0.1) is 0 Å². The number of aromatic nitrogens is 2. The molecule has 0 amide bonds. The molecule has 1 aliphatic rings. The van der Waals surface area contributed by atoms with Crippen LogP contribution in [0.2, 0.25) is 0 Å². The maximum atomic E-state index is 4.10. The molecule has 1 N–H and O–H groups in total. The number of hydrogen-bond acceptors (Lipinski definition) is 4. The molecular formula is C9H16Cl2N4. The van der Waals surface area contributed by atoms with Crippen LogP contribution in [0.25, 0.3) is 0 Å². The van der Waals surface area contributed by atoms with Crippen LogP contribution in [0.15, 0.2) is 18.3 Å². The summed E-state index contributed by atoms with van der Waals surface area (Å²) in [5.74, 6) is 0.983. The molecule has 2 rings (SSSR count). The lowest BCUT2D eigenvalue weighted by atomic mass is 10.2. The van der Waals surface area contributed by atoms with Gasteiger partial charge in [-0.2, -0.15) is 5.10 Å². The molecule has 86 valence electrons. The summed E-state index contributed by atoms with van der Waals surface area (Å²) in [5.41, 5.74) is 0. The van der Waals surface area contributed by atoms with Crippen molar-refractivity contribution in [2.75, 3.05) is 24.5 Å². The Labute approximate surface area is 102 Å². The zero-order valence-electron chi connectivity index (χ0n) is 8.59. The Bertz CT molecular complexity index is 270. The van der Waals surface area contributed by atoms with Crippen molar-refractivity contribution in [3.05, 3.63) is 18.3 Å². The van der Waals surface area contributed by atoms with E-state index in [1.54, 1.807) is 6.20 Å². The monoisotopic (exact) mass is 250 g/mol. The van der Waals surface area contributed by atoms with E-state index in [2.05, 4.69) is 27.3 Å². The van der Waals surface area contributed by atoms with Gasteiger partial charge >= 0.3 is 0 Å². The second-order valence-electron chi connectivity index (χ2n) is 3.33. The van der Waals surface area contributed by atoms with Gasteiger partial charge in [0.05, 0.1) is 0 Å². The highest BCUT2D eigenvalue weighted by molar-refractivity contribution is 5.85. The lowest BCUT2D eigenvalue weighted by molar-refractivity contribution is 0.495. The first-order chi connectivity index (χ1) is 6.38. The molecule has 1 fully saturated rings. The van der Waals surface area contributed by atoms with Crippen LogP contribution >= 0.6 is 24.8 Å². The number of piperazine rings is 1. The number of nitrogens with one attached hydrogen (secondary N) is 1. The largest absolute Gasteiger partial charge is 0.350 e. The highest BCUT2D eigenvalue weighted by Gasteiger charge is 2.18. The third-order valence-corrected chi connectivity index (χ3v) is 2.35. The van der Waals surface area contributed by atoms with Crippen LogP contribution < -0.4 is 10.2 Å². The summed E-state index contributed by atoms with van der Waals surface area (Å²) >= 11 is 0. The van der Waals surface area contributed by atoms with Gasteiger partial charge in [-0.3, -0.25) is 0 Å². The van der Waals surface area contributed by atoms with Gasteiger partial charge in [-0.25, -0.2) is 0 Å². The molecule has 6 heteroatoms. The number of hydrogen-bond donors (Lipinski definition) is 1. The van der Waals surface area contributed by atoms with Crippen LogP contribution in [0.1, 0.15) is 6.92 Å². The predicted molar refractivity (Wildman–Crippen MR) is 66.2 cm³/mol. The first kappa shape index (κ1) is 14.4. The Balaban J connectivity index is 0.000000980. The molecule has 1 atom stereocenters. The van der Waals surface area contributed by atoms with Crippen LogP contribution in [0.3, 0.4) is 0 Å². The molecule has 1 aromatic rings. The molecule has 2 heterocycles. The first-order valence-corrected chi connectivity index (χ1v) is 4.63. The molecule has 1 aliphatic heterocycles. The zero-order valence-corrected chi connectivity index (χ0v) is 10.2. The van der Waals surface area contributed by atoms with E-state index in [1.807, 2.05) is 12.1 Å². The quantitative estimate of drug-likeness (QED) is 0.812. The average molecular weight is 251 g/mol. The standard InChI is InChI=1S/C9H14N4.2ClH/c1-8-7-10-5-6-13(8)9-3-2-4-11-12-9;;/h2-4,8,10H,5-7H2,1H3;2*1H/t8-;;/m0../s1. The molecule has 15 heavy (non-hydrogen) atoms. The van der Waals surface area contributed by atoms with Gasteiger partial charge in [0.2, 0.25) is 0 Å². The maximum absolute atomic E-state index is 4.10. The average Bonchev–Trinajstić information content (AvgIpc) is 2.20. The minimum Gasteiger partial charge on any atom is -0.350 e. The molecule has 0 aromatic carbocycles. The summed E-state index contributed by atoms with van der Waals surface area (Å²) in [5, 5.41) is 11.3. The molecule has 4 nitrogen and oxygen atoms in total. The predicted octanol–water partition coefficient (Wildman–Crippen LogP) is 1.12. The van der Waals surface area contributed by atoms with Crippen LogP contribution in [0.4, 0.5) is 5.82 Å². The summed E-state index contributed by atoms with van der Waals surface area (Å²) < 4.78 is 0. The van der Waals surface area contributed by atoms with Gasteiger partial charge in [0.25, 0.3) is 0 Å². The molecule has 0 radical (unpaired) electrons. The Hall–Kier alpha value is -0.580. The van der Waals surface area contributed by atoms with Crippen LogP contribution in [-0.4, -0.2) is 35.9 Å². The number of nitrogens with zero attached hydrogens (tertiary/aromatic N) is 3. The second kappa shape index (κ2) is 6.82. The van der Waals surface area contributed by atoms with E-state index in [-0.39, 0.29) is 24.8 Å². The normalized spacial score (nSPS) is 20.1. The van der Waals surface area contributed by atoms with Crippen molar-refractivity contribution in [3.63, 3.8) is 0 Å². The number of anilines is 1. The van der Waals surface area contributed by atoms with E-state index in [9.17, 15) is 0 Å². The van der Waals surface area contributed by atoms with Gasteiger partial charge in [0.15, 0.2) is 5.82 Å². The fraction of sp³-hybridized carbons (Fsp3) is 0.556. The van der Waals surface area contributed by atoms with E-state index < -0.39 is 0 Å². The van der Waals surface area contributed by atoms with E-state index in [0.717, 1.165) is 25.5 Å². The van der Waals surface area contributed by atoms with E-state index in [1.165, 1.54) is 0 Å². The van der Waals surface area contributed by atoms with Crippen molar-refractivity contribution < 1.29 is 0 Å². The molecule has 0 unspecified atom stereocenters. The molecule has 1 saturated heterocycles. The summed E-state index contributed by atoms with van der Waals surface area (Å²) in [7, 11) is 0. The van der Waals surface area contributed by atoms with Crippen molar-refractivity contribution in [1.82, 2.24) is 15.5 Å². The van der Waals surface area contributed by atoms with Gasteiger partial charge in [-0.15, -0.1) is 29.9 Å².